The molecule has 0 aliphatic carbocycles. The van der Waals surface area contributed by atoms with Gasteiger partial charge in [-0.15, -0.1) is 0 Å². The number of likely N-dealkylation sites (tertiary alicyclic amines) is 1. The lowest BCUT2D eigenvalue weighted by Gasteiger charge is -2.18. The summed E-state index contributed by atoms with van der Waals surface area (Å²) in [5, 5.41) is 4.38. The van der Waals surface area contributed by atoms with Crippen molar-refractivity contribution in [1.82, 2.24) is 15.0 Å². The Hall–Kier alpha value is -2.98. The number of aromatic nitrogens is 2. The third-order valence-electron chi connectivity index (χ3n) is 5.69. The van der Waals surface area contributed by atoms with Gasteiger partial charge in [0.1, 0.15) is 0 Å². The molecule has 1 atom stereocenters. The normalized spacial score (nSPS) is 16.6. The van der Waals surface area contributed by atoms with Crippen LogP contribution in [0.3, 0.4) is 0 Å². The molecular formula is C23H24F3N3O4. The smallest absolute Gasteiger partial charge is 0.382 e. The lowest BCUT2D eigenvalue weighted by atomic mass is 10.0. The van der Waals surface area contributed by atoms with Crippen molar-refractivity contribution in [3.63, 3.8) is 0 Å². The zero-order valence-electron chi connectivity index (χ0n) is 18.3. The molecule has 1 amide bonds. The summed E-state index contributed by atoms with van der Waals surface area (Å²) in [4.78, 5) is 19.5. The average Bonchev–Trinajstić information content (AvgIpc) is 3.42. The number of hydrogen-bond acceptors (Lipinski definition) is 6. The number of halogens is 3. The fourth-order valence-corrected chi connectivity index (χ4v) is 3.98. The number of methoxy groups -OCH3 is 1. The molecule has 0 N–H and O–H groups in total. The Kier molecular flexibility index (Phi) is 6.66. The molecule has 1 fully saturated rings. The Balaban J connectivity index is 1.63. The molecule has 1 saturated heterocycles. The van der Waals surface area contributed by atoms with Crippen molar-refractivity contribution < 1.29 is 32.0 Å². The second kappa shape index (κ2) is 9.48. The number of pyridine rings is 1. The van der Waals surface area contributed by atoms with E-state index in [4.69, 9.17) is 14.0 Å². The van der Waals surface area contributed by atoms with Crippen LogP contribution in [0, 0.1) is 12.8 Å². The first-order valence-electron chi connectivity index (χ1n) is 10.6. The molecule has 1 unspecified atom stereocenters. The number of hydrogen-bond donors (Lipinski definition) is 0. The summed E-state index contributed by atoms with van der Waals surface area (Å²) in [6.07, 6.45) is -3.69. The fourth-order valence-electron chi connectivity index (χ4n) is 3.98. The van der Waals surface area contributed by atoms with Gasteiger partial charge in [-0.25, -0.2) is 4.98 Å². The van der Waals surface area contributed by atoms with E-state index in [0.29, 0.717) is 49.6 Å². The molecular weight excluding hydrogens is 439 g/mol. The summed E-state index contributed by atoms with van der Waals surface area (Å²) in [7, 11) is 1.61. The highest BCUT2D eigenvalue weighted by molar-refractivity contribution is 6.07. The Bertz CT molecular complexity index is 1150. The van der Waals surface area contributed by atoms with E-state index in [-0.39, 0.29) is 28.8 Å². The van der Waals surface area contributed by atoms with Crippen molar-refractivity contribution in [3.05, 3.63) is 47.2 Å². The van der Waals surface area contributed by atoms with Crippen molar-refractivity contribution in [1.29, 1.82) is 0 Å². The molecule has 10 heteroatoms. The maximum absolute atomic E-state index is 13.4. The van der Waals surface area contributed by atoms with Gasteiger partial charge in [0.2, 0.25) is 0 Å². The molecule has 4 rings (SSSR count). The van der Waals surface area contributed by atoms with Gasteiger partial charge in [0.25, 0.3) is 11.6 Å². The number of carbonyl (C=O) groups is 1. The zero-order valence-corrected chi connectivity index (χ0v) is 18.3. The molecule has 7 nitrogen and oxygen atoms in total. The van der Waals surface area contributed by atoms with Crippen molar-refractivity contribution in [2.75, 3.05) is 40.0 Å². The van der Waals surface area contributed by atoms with Crippen LogP contribution in [-0.4, -0.2) is 61.0 Å². The SMILES string of the molecule is COCCOCC1CCN(C(=O)c2cc(-c3cccc(C(F)(F)F)c3)nc3onc(C)c23)C1. The second-order valence-corrected chi connectivity index (χ2v) is 8.06. The first-order valence-corrected chi connectivity index (χ1v) is 10.6. The minimum absolute atomic E-state index is 0.115. The minimum atomic E-state index is -4.49. The topological polar surface area (TPSA) is 77.7 Å². The molecule has 0 spiro atoms. The van der Waals surface area contributed by atoms with Crippen molar-refractivity contribution in [2.24, 2.45) is 5.92 Å². The molecule has 0 bridgehead atoms. The van der Waals surface area contributed by atoms with Crippen LogP contribution >= 0.6 is 0 Å². The highest BCUT2D eigenvalue weighted by Gasteiger charge is 2.32. The number of benzene rings is 1. The van der Waals surface area contributed by atoms with Gasteiger partial charge in [0, 0.05) is 31.7 Å². The highest BCUT2D eigenvalue weighted by atomic mass is 19.4. The Morgan fingerprint density at radius 2 is 2.09 bits per heavy atom. The van der Waals surface area contributed by atoms with Crippen molar-refractivity contribution in [3.8, 4) is 11.3 Å². The quantitative estimate of drug-likeness (QED) is 0.485. The standard InChI is InChI=1S/C23H24F3N3O4/c1-14-20-18(22(30)29-7-6-15(12-29)13-32-9-8-31-2)11-19(27-21(20)33-28-14)16-4-3-5-17(10-16)23(24,25)26/h3-5,10-11,15H,6-9,12-13H2,1-2H3. The van der Waals surface area contributed by atoms with Gasteiger partial charge < -0.3 is 18.9 Å². The number of carbonyl (C=O) groups excluding carboxylic acids is 1. The third kappa shape index (κ3) is 5.01. The van der Waals surface area contributed by atoms with Crippen LogP contribution in [0.4, 0.5) is 13.2 Å². The predicted octanol–water partition coefficient (Wildman–Crippen LogP) is 4.34. The van der Waals surface area contributed by atoms with Gasteiger partial charge in [-0.1, -0.05) is 17.3 Å². The number of alkyl halides is 3. The summed E-state index contributed by atoms with van der Waals surface area (Å²) in [6.45, 7) is 4.32. The van der Waals surface area contributed by atoms with Crippen LogP contribution in [0.25, 0.3) is 22.4 Å². The number of aryl methyl sites for hydroxylation is 1. The predicted molar refractivity (Wildman–Crippen MR) is 114 cm³/mol. The molecule has 0 radical (unpaired) electrons. The number of nitrogens with zero attached hydrogens (tertiary/aromatic N) is 3. The summed E-state index contributed by atoms with van der Waals surface area (Å²) >= 11 is 0. The van der Waals surface area contributed by atoms with Gasteiger partial charge in [-0.2, -0.15) is 13.2 Å². The van der Waals surface area contributed by atoms with E-state index in [9.17, 15) is 18.0 Å². The number of ether oxygens (including phenoxy) is 2. The number of fused-ring (bicyclic) bond motifs is 1. The molecule has 2 aromatic heterocycles. The van der Waals surface area contributed by atoms with Crippen LogP contribution < -0.4 is 0 Å². The maximum atomic E-state index is 13.4. The van der Waals surface area contributed by atoms with Crippen molar-refractivity contribution in [2.45, 2.75) is 19.5 Å². The summed E-state index contributed by atoms with van der Waals surface area (Å²) in [5.74, 6) is -0.0315. The molecule has 33 heavy (non-hydrogen) atoms. The zero-order chi connectivity index (χ0) is 23.6. The van der Waals surface area contributed by atoms with E-state index in [0.717, 1.165) is 18.6 Å². The largest absolute Gasteiger partial charge is 0.416 e. The lowest BCUT2D eigenvalue weighted by Crippen LogP contribution is -2.29. The van der Waals surface area contributed by atoms with E-state index < -0.39 is 11.7 Å². The Morgan fingerprint density at radius 3 is 2.85 bits per heavy atom. The Labute approximate surface area is 188 Å². The van der Waals surface area contributed by atoms with Gasteiger partial charge in [-0.3, -0.25) is 4.79 Å². The van der Waals surface area contributed by atoms with E-state index in [1.54, 1.807) is 18.9 Å². The van der Waals surface area contributed by atoms with Gasteiger partial charge in [-0.05, 0) is 31.5 Å². The molecule has 1 aliphatic rings. The van der Waals surface area contributed by atoms with Gasteiger partial charge in [0.05, 0.1) is 47.7 Å². The lowest BCUT2D eigenvalue weighted by molar-refractivity contribution is -0.137. The van der Waals surface area contributed by atoms with Crippen LogP contribution in [0.5, 0.6) is 0 Å². The fraction of sp³-hybridized carbons (Fsp3) is 0.435. The Morgan fingerprint density at radius 1 is 1.27 bits per heavy atom. The molecule has 3 aromatic rings. The monoisotopic (exact) mass is 463 g/mol. The molecule has 0 saturated carbocycles. The van der Waals surface area contributed by atoms with Crippen molar-refractivity contribution >= 4 is 17.0 Å². The maximum Gasteiger partial charge on any atom is 0.416 e. The number of amides is 1. The van der Waals surface area contributed by atoms with Crippen LogP contribution in [0.15, 0.2) is 34.9 Å². The third-order valence-corrected chi connectivity index (χ3v) is 5.69. The molecule has 3 heterocycles. The van der Waals surface area contributed by atoms with E-state index in [2.05, 4.69) is 10.1 Å². The van der Waals surface area contributed by atoms with Crippen LogP contribution in [-0.2, 0) is 15.7 Å². The highest BCUT2D eigenvalue weighted by Crippen LogP contribution is 2.34. The van der Waals surface area contributed by atoms with Gasteiger partial charge in [0.15, 0.2) is 0 Å². The molecule has 176 valence electrons. The van der Waals surface area contributed by atoms with Gasteiger partial charge >= 0.3 is 6.18 Å². The van der Waals surface area contributed by atoms with E-state index in [1.165, 1.54) is 18.2 Å². The van der Waals surface area contributed by atoms with Crippen LogP contribution in [0.2, 0.25) is 0 Å². The molecule has 1 aliphatic heterocycles. The van der Waals surface area contributed by atoms with E-state index >= 15 is 0 Å². The molecule has 1 aromatic carbocycles. The van der Waals surface area contributed by atoms with E-state index in [1.807, 2.05) is 0 Å². The summed E-state index contributed by atoms with van der Waals surface area (Å²) in [5.41, 5.74) is 0.582. The van der Waals surface area contributed by atoms with Crippen LogP contribution in [0.1, 0.15) is 28.0 Å². The summed E-state index contributed by atoms with van der Waals surface area (Å²) in [6, 6.07) is 6.35. The first-order chi connectivity index (χ1) is 15.8. The first kappa shape index (κ1) is 23.2. The average molecular weight is 463 g/mol. The number of rotatable bonds is 7. The minimum Gasteiger partial charge on any atom is -0.382 e. The summed E-state index contributed by atoms with van der Waals surface area (Å²) < 4.78 is 55.4. The second-order valence-electron chi connectivity index (χ2n) is 8.06.